The lowest BCUT2D eigenvalue weighted by Crippen LogP contribution is -2.17. The van der Waals surface area contributed by atoms with Gasteiger partial charge in [0.1, 0.15) is 0 Å². The molecular formula is C14H22O2. The molecule has 3 atom stereocenters. The second-order valence-corrected chi connectivity index (χ2v) is 5.84. The van der Waals surface area contributed by atoms with Gasteiger partial charge >= 0.3 is 5.97 Å². The molecule has 90 valence electrons. The van der Waals surface area contributed by atoms with Crippen LogP contribution in [0.1, 0.15) is 40.0 Å². The monoisotopic (exact) mass is 222 g/mol. The van der Waals surface area contributed by atoms with Crippen molar-refractivity contribution in [2.24, 2.45) is 23.2 Å². The van der Waals surface area contributed by atoms with Crippen molar-refractivity contribution in [3.63, 3.8) is 0 Å². The normalized spacial score (nSPS) is 35.4. The van der Waals surface area contributed by atoms with Crippen LogP contribution in [-0.4, -0.2) is 12.6 Å². The highest BCUT2D eigenvalue weighted by Crippen LogP contribution is 2.66. The standard InChI is InChI=1S/C14H22O2/c1-5-16-13(15)8-10-7-12-11(6-9(10)2)14(12,3)4/h10-12H,2,5-8H2,1,3-4H3/t10-,11-,12+/m0/s1. The van der Waals surface area contributed by atoms with Crippen LogP contribution in [-0.2, 0) is 9.53 Å². The fourth-order valence-electron chi connectivity index (χ4n) is 3.30. The molecule has 2 fully saturated rings. The number of carbonyl (C=O) groups is 1. The van der Waals surface area contributed by atoms with E-state index >= 15 is 0 Å². The third-order valence-electron chi connectivity index (χ3n) is 4.60. The summed E-state index contributed by atoms with van der Waals surface area (Å²) in [6, 6.07) is 0. The van der Waals surface area contributed by atoms with Gasteiger partial charge in [-0.3, -0.25) is 4.79 Å². The van der Waals surface area contributed by atoms with Crippen molar-refractivity contribution in [3.05, 3.63) is 12.2 Å². The lowest BCUT2D eigenvalue weighted by molar-refractivity contribution is -0.144. The summed E-state index contributed by atoms with van der Waals surface area (Å²) in [4.78, 5) is 11.5. The maximum absolute atomic E-state index is 11.5. The number of hydrogen-bond donors (Lipinski definition) is 0. The van der Waals surface area contributed by atoms with E-state index in [0.29, 0.717) is 24.4 Å². The van der Waals surface area contributed by atoms with Crippen LogP contribution in [0.3, 0.4) is 0 Å². The Balaban J connectivity index is 1.92. The van der Waals surface area contributed by atoms with Gasteiger partial charge in [0.25, 0.3) is 0 Å². The molecule has 0 amide bonds. The quantitative estimate of drug-likeness (QED) is 0.541. The Morgan fingerprint density at radius 3 is 2.81 bits per heavy atom. The van der Waals surface area contributed by atoms with Crippen molar-refractivity contribution in [3.8, 4) is 0 Å². The Hall–Kier alpha value is -0.790. The molecular weight excluding hydrogens is 200 g/mol. The molecule has 2 aliphatic carbocycles. The van der Waals surface area contributed by atoms with Crippen molar-refractivity contribution in [1.29, 1.82) is 0 Å². The van der Waals surface area contributed by atoms with Gasteiger partial charge in [0.2, 0.25) is 0 Å². The summed E-state index contributed by atoms with van der Waals surface area (Å²) in [7, 11) is 0. The van der Waals surface area contributed by atoms with Crippen LogP contribution >= 0.6 is 0 Å². The second kappa shape index (κ2) is 3.90. The zero-order valence-corrected chi connectivity index (χ0v) is 10.6. The average Bonchev–Trinajstić information content (AvgIpc) is 2.69. The Kier molecular flexibility index (Phi) is 2.85. The fourth-order valence-corrected chi connectivity index (χ4v) is 3.30. The molecule has 0 N–H and O–H groups in total. The molecule has 0 bridgehead atoms. The molecule has 0 radical (unpaired) electrons. The first-order chi connectivity index (χ1) is 7.46. The predicted octanol–water partition coefficient (Wildman–Crippen LogP) is 3.18. The van der Waals surface area contributed by atoms with E-state index in [1.165, 1.54) is 5.57 Å². The fraction of sp³-hybridized carbons (Fsp3) is 0.786. The van der Waals surface area contributed by atoms with Crippen LogP contribution in [0.15, 0.2) is 12.2 Å². The number of fused-ring (bicyclic) bond motifs is 1. The van der Waals surface area contributed by atoms with Crippen LogP contribution in [0.5, 0.6) is 0 Å². The maximum Gasteiger partial charge on any atom is 0.306 e. The zero-order valence-electron chi connectivity index (χ0n) is 10.6. The number of esters is 1. The second-order valence-electron chi connectivity index (χ2n) is 5.84. The van der Waals surface area contributed by atoms with Crippen molar-refractivity contribution in [2.75, 3.05) is 6.61 Å². The largest absolute Gasteiger partial charge is 0.466 e. The third-order valence-corrected chi connectivity index (χ3v) is 4.60. The molecule has 2 heteroatoms. The topological polar surface area (TPSA) is 26.3 Å². The first-order valence-corrected chi connectivity index (χ1v) is 6.30. The summed E-state index contributed by atoms with van der Waals surface area (Å²) >= 11 is 0. The van der Waals surface area contributed by atoms with E-state index in [1.54, 1.807) is 0 Å². The van der Waals surface area contributed by atoms with Gasteiger partial charge < -0.3 is 4.74 Å². The summed E-state index contributed by atoms with van der Waals surface area (Å²) in [6.45, 7) is 11.2. The molecule has 16 heavy (non-hydrogen) atoms. The molecule has 2 aliphatic rings. The van der Waals surface area contributed by atoms with E-state index < -0.39 is 0 Å². The summed E-state index contributed by atoms with van der Waals surface area (Å²) in [5.74, 6) is 1.92. The number of carbonyl (C=O) groups excluding carboxylic acids is 1. The van der Waals surface area contributed by atoms with Gasteiger partial charge in [-0.25, -0.2) is 0 Å². The Morgan fingerprint density at radius 2 is 2.19 bits per heavy atom. The summed E-state index contributed by atoms with van der Waals surface area (Å²) in [6.07, 6.45) is 2.78. The highest BCUT2D eigenvalue weighted by molar-refractivity contribution is 5.70. The molecule has 2 nitrogen and oxygen atoms in total. The lowest BCUT2D eigenvalue weighted by atomic mass is 9.83. The van der Waals surface area contributed by atoms with E-state index in [9.17, 15) is 4.79 Å². The highest BCUT2D eigenvalue weighted by atomic mass is 16.5. The average molecular weight is 222 g/mol. The van der Waals surface area contributed by atoms with Crippen molar-refractivity contribution in [2.45, 2.75) is 40.0 Å². The van der Waals surface area contributed by atoms with Crippen molar-refractivity contribution < 1.29 is 9.53 Å². The molecule has 2 saturated carbocycles. The first kappa shape index (κ1) is 11.7. The smallest absolute Gasteiger partial charge is 0.306 e. The minimum absolute atomic E-state index is 0.0643. The van der Waals surface area contributed by atoms with Crippen LogP contribution in [0.4, 0.5) is 0 Å². The molecule has 0 aromatic rings. The molecule has 0 aromatic heterocycles. The zero-order chi connectivity index (χ0) is 11.9. The van der Waals surface area contributed by atoms with Crippen LogP contribution < -0.4 is 0 Å². The number of ether oxygens (including phenoxy) is 1. The maximum atomic E-state index is 11.5. The number of rotatable bonds is 3. The van der Waals surface area contributed by atoms with Crippen LogP contribution in [0.25, 0.3) is 0 Å². The molecule has 2 rings (SSSR count). The summed E-state index contributed by atoms with van der Waals surface area (Å²) < 4.78 is 5.01. The molecule has 0 saturated heterocycles. The van der Waals surface area contributed by atoms with Gasteiger partial charge in [-0.2, -0.15) is 0 Å². The molecule has 0 unspecified atom stereocenters. The molecule has 0 aromatic carbocycles. The van der Waals surface area contributed by atoms with Crippen molar-refractivity contribution in [1.82, 2.24) is 0 Å². The third kappa shape index (κ3) is 1.90. The molecule has 0 heterocycles. The van der Waals surface area contributed by atoms with E-state index in [4.69, 9.17) is 4.74 Å². The van der Waals surface area contributed by atoms with E-state index in [-0.39, 0.29) is 5.97 Å². The predicted molar refractivity (Wildman–Crippen MR) is 63.9 cm³/mol. The van der Waals surface area contributed by atoms with Crippen LogP contribution in [0, 0.1) is 23.2 Å². The van der Waals surface area contributed by atoms with E-state index in [2.05, 4.69) is 20.4 Å². The van der Waals surface area contributed by atoms with Gasteiger partial charge in [-0.1, -0.05) is 26.0 Å². The minimum Gasteiger partial charge on any atom is -0.466 e. The number of allylic oxidation sites excluding steroid dienone is 1. The summed E-state index contributed by atoms with van der Waals surface area (Å²) in [5, 5.41) is 0. The Bertz CT molecular complexity index is 317. The minimum atomic E-state index is -0.0643. The highest BCUT2D eigenvalue weighted by Gasteiger charge is 2.59. The van der Waals surface area contributed by atoms with Gasteiger partial charge in [0.15, 0.2) is 0 Å². The number of hydrogen-bond acceptors (Lipinski definition) is 2. The van der Waals surface area contributed by atoms with Gasteiger partial charge in [-0.15, -0.1) is 0 Å². The van der Waals surface area contributed by atoms with Crippen LogP contribution in [0.2, 0.25) is 0 Å². The summed E-state index contributed by atoms with van der Waals surface area (Å²) in [5.41, 5.74) is 1.74. The lowest BCUT2D eigenvalue weighted by Gasteiger charge is -2.22. The van der Waals surface area contributed by atoms with Crippen molar-refractivity contribution >= 4 is 5.97 Å². The first-order valence-electron chi connectivity index (χ1n) is 6.30. The Morgan fingerprint density at radius 1 is 1.50 bits per heavy atom. The molecule has 0 aliphatic heterocycles. The van der Waals surface area contributed by atoms with Gasteiger partial charge in [0.05, 0.1) is 13.0 Å². The Labute approximate surface area is 98.1 Å². The molecule has 0 spiro atoms. The SMILES string of the molecule is C=C1C[C@H]2[C@@H](C[C@H]1CC(=O)OCC)C2(C)C. The van der Waals surface area contributed by atoms with Gasteiger partial charge in [-0.05, 0) is 42.9 Å². The van der Waals surface area contributed by atoms with E-state index in [0.717, 1.165) is 24.7 Å². The van der Waals surface area contributed by atoms with E-state index in [1.807, 2.05) is 6.92 Å². The van der Waals surface area contributed by atoms with Gasteiger partial charge in [0, 0.05) is 0 Å².